The molecule has 4 heteroatoms. The smallest absolute Gasteiger partial charge is 0.131 e. The first-order chi connectivity index (χ1) is 6.79. The summed E-state index contributed by atoms with van der Waals surface area (Å²) in [7, 11) is 0. The van der Waals surface area contributed by atoms with Gasteiger partial charge in [0, 0.05) is 13.1 Å². The second kappa shape index (κ2) is 4.15. The summed E-state index contributed by atoms with van der Waals surface area (Å²) in [6, 6.07) is 5.72. The number of nitrogens with two attached hydrogens (primary N) is 1. The molecule has 0 amide bonds. The maximum atomic E-state index is 5.83. The van der Waals surface area contributed by atoms with Gasteiger partial charge in [-0.3, -0.25) is 0 Å². The molecule has 3 nitrogen and oxygen atoms in total. The van der Waals surface area contributed by atoms with Crippen LogP contribution >= 0.6 is 11.6 Å². The number of rotatable bonds is 2. The van der Waals surface area contributed by atoms with Crippen LogP contribution in [0.4, 0.5) is 5.82 Å². The van der Waals surface area contributed by atoms with E-state index in [-0.39, 0.29) is 0 Å². The van der Waals surface area contributed by atoms with Crippen LogP contribution in [-0.2, 0) is 0 Å². The first-order valence-corrected chi connectivity index (χ1v) is 5.25. The van der Waals surface area contributed by atoms with Crippen molar-refractivity contribution in [1.82, 2.24) is 4.98 Å². The average molecular weight is 212 g/mol. The predicted molar refractivity (Wildman–Crippen MR) is 58.6 cm³/mol. The summed E-state index contributed by atoms with van der Waals surface area (Å²) >= 11 is 5.83. The standard InChI is InChI=1S/C10H14ClN3/c11-9-2-1-3-10(13-9)14-5-4-8(6-12)7-14/h1-3,8H,4-7,12H2. The quantitative estimate of drug-likeness (QED) is 0.755. The number of aromatic nitrogens is 1. The number of hydrogen-bond donors (Lipinski definition) is 1. The van der Waals surface area contributed by atoms with Gasteiger partial charge in [0.15, 0.2) is 0 Å². The number of anilines is 1. The van der Waals surface area contributed by atoms with E-state index in [1.807, 2.05) is 12.1 Å². The van der Waals surface area contributed by atoms with Gasteiger partial charge in [0.1, 0.15) is 11.0 Å². The van der Waals surface area contributed by atoms with Crippen molar-refractivity contribution in [2.45, 2.75) is 6.42 Å². The molecular formula is C10H14ClN3. The Hall–Kier alpha value is -0.800. The fourth-order valence-corrected chi connectivity index (χ4v) is 1.97. The van der Waals surface area contributed by atoms with E-state index in [1.54, 1.807) is 6.07 Å². The summed E-state index contributed by atoms with van der Waals surface area (Å²) < 4.78 is 0. The lowest BCUT2D eigenvalue weighted by Crippen LogP contribution is -2.23. The highest BCUT2D eigenvalue weighted by atomic mass is 35.5. The van der Waals surface area contributed by atoms with Crippen LogP contribution in [-0.4, -0.2) is 24.6 Å². The van der Waals surface area contributed by atoms with Crippen LogP contribution in [0.15, 0.2) is 18.2 Å². The van der Waals surface area contributed by atoms with Gasteiger partial charge in [0.25, 0.3) is 0 Å². The summed E-state index contributed by atoms with van der Waals surface area (Å²) in [5.41, 5.74) is 5.63. The van der Waals surface area contributed by atoms with Crippen molar-refractivity contribution in [3.8, 4) is 0 Å². The molecule has 2 heterocycles. The third-order valence-electron chi connectivity index (χ3n) is 2.64. The average Bonchev–Trinajstić information content (AvgIpc) is 2.66. The van der Waals surface area contributed by atoms with E-state index in [4.69, 9.17) is 17.3 Å². The normalized spacial score (nSPS) is 21.6. The van der Waals surface area contributed by atoms with Gasteiger partial charge >= 0.3 is 0 Å². The monoisotopic (exact) mass is 211 g/mol. The molecule has 1 atom stereocenters. The van der Waals surface area contributed by atoms with Crippen molar-refractivity contribution >= 4 is 17.4 Å². The molecule has 1 unspecified atom stereocenters. The fourth-order valence-electron chi connectivity index (χ4n) is 1.81. The fraction of sp³-hybridized carbons (Fsp3) is 0.500. The summed E-state index contributed by atoms with van der Waals surface area (Å²) in [6.45, 7) is 2.80. The third-order valence-corrected chi connectivity index (χ3v) is 2.85. The van der Waals surface area contributed by atoms with Crippen molar-refractivity contribution in [2.24, 2.45) is 11.7 Å². The van der Waals surface area contributed by atoms with Crippen LogP contribution in [0, 0.1) is 5.92 Å². The van der Waals surface area contributed by atoms with Crippen LogP contribution < -0.4 is 10.6 Å². The zero-order chi connectivity index (χ0) is 9.97. The molecule has 1 saturated heterocycles. The topological polar surface area (TPSA) is 42.1 Å². The Morgan fingerprint density at radius 1 is 1.57 bits per heavy atom. The number of nitrogens with zero attached hydrogens (tertiary/aromatic N) is 2. The molecule has 0 radical (unpaired) electrons. The number of halogens is 1. The first kappa shape index (κ1) is 9.74. The van der Waals surface area contributed by atoms with Crippen LogP contribution in [0.1, 0.15) is 6.42 Å². The predicted octanol–water partition coefficient (Wildman–Crippen LogP) is 1.52. The molecule has 14 heavy (non-hydrogen) atoms. The van der Waals surface area contributed by atoms with E-state index < -0.39 is 0 Å². The zero-order valence-corrected chi connectivity index (χ0v) is 8.74. The lowest BCUT2D eigenvalue weighted by Gasteiger charge is -2.16. The lowest BCUT2D eigenvalue weighted by molar-refractivity contribution is 0.602. The van der Waals surface area contributed by atoms with E-state index in [9.17, 15) is 0 Å². The van der Waals surface area contributed by atoms with E-state index in [2.05, 4.69) is 9.88 Å². The van der Waals surface area contributed by atoms with E-state index in [0.29, 0.717) is 11.1 Å². The van der Waals surface area contributed by atoms with Crippen molar-refractivity contribution in [2.75, 3.05) is 24.5 Å². The molecule has 0 bridgehead atoms. The SMILES string of the molecule is NCC1CCN(c2cccc(Cl)n2)C1. The van der Waals surface area contributed by atoms with Gasteiger partial charge in [-0.1, -0.05) is 17.7 Å². The van der Waals surface area contributed by atoms with Crippen molar-refractivity contribution in [3.63, 3.8) is 0 Å². The molecule has 1 aromatic rings. The second-order valence-corrected chi connectivity index (χ2v) is 4.04. The molecule has 1 fully saturated rings. The molecule has 2 N–H and O–H groups in total. The Labute approximate surface area is 88.9 Å². The van der Waals surface area contributed by atoms with E-state index in [1.165, 1.54) is 0 Å². The molecule has 1 aliphatic heterocycles. The maximum absolute atomic E-state index is 5.83. The Kier molecular flexibility index (Phi) is 2.89. The molecule has 0 aliphatic carbocycles. The van der Waals surface area contributed by atoms with Gasteiger partial charge in [-0.05, 0) is 31.0 Å². The summed E-state index contributed by atoms with van der Waals surface area (Å²) in [4.78, 5) is 6.51. The first-order valence-electron chi connectivity index (χ1n) is 4.87. The third kappa shape index (κ3) is 1.99. The van der Waals surface area contributed by atoms with Gasteiger partial charge in [0.05, 0.1) is 0 Å². The second-order valence-electron chi connectivity index (χ2n) is 3.65. The van der Waals surface area contributed by atoms with E-state index in [0.717, 1.165) is 31.9 Å². The lowest BCUT2D eigenvalue weighted by atomic mass is 10.1. The Balaban J connectivity index is 2.09. The summed E-state index contributed by atoms with van der Waals surface area (Å²) in [5, 5.41) is 0.554. The minimum absolute atomic E-state index is 0.554. The molecular weight excluding hydrogens is 198 g/mol. The maximum Gasteiger partial charge on any atom is 0.131 e. The van der Waals surface area contributed by atoms with Crippen molar-refractivity contribution in [1.29, 1.82) is 0 Å². The Morgan fingerprint density at radius 3 is 3.07 bits per heavy atom. The summed E-state index contributed by atoms with van der Waals surface area (Å²) in [6.07, 6.45) is 1.16. The minimum Gasteiger partial charge on any atom is -0.356 e. The number of hydrogen-bond acceptors (Lipinski definition) is 3. The van der Waals surface area contributed by atoms with E-state index >= 15 is 0 Å². The van der Waals surface area contributed by atoms with Gasteiger partial charge in [-0.15, -0.1) is 0 Å². The van der Waals surface area contributed by atoms with Crippen LogP contribution in [0.5, 0.6) is 0 Å². The van der Waals surface area contributed by atoms with Crippen molar-refractivity contribution < 1.29 is 0 Å². The van der Waals surface area contributed by atoms with Crippen LogP contribution in [0.2, 0.25) is 5.15 Å². The highest BCUT2D eigenvalue weighted by Gasteiger charge is 2.21. The largest absolute Gasteiger partial charge is 0.356 e. The van der Waals surface area contributed by atoms with Gasteiger partial charge < -0.3 is 10.6 Å². The molecule has 2 rings (SSSR count). The highest BCUT2D eigenvalue weighted by Crippen LogP contribution is 2.22. The molecule has 0 spiro atoms. The Bertz CT molecular complexity index is 316. The van der Waals surface area contributed by atoms with Crippen LogP contribution in [0.25, 0.3) is 0 Å². The number of pyridine rings is 1. The molecule has 1 aromatic heterocycles. The molecule has 0 aromatic carbocycles. The molecule has 0 saturated carbocycles. The minimum atomic E-state index is 0.554. The van der Waals surface area contributed by atoms with Gasteiger partial charge in [-0.25, -0.2) is 4.98 Å². The van der Waals surface area contributed by atoms with Gasteiger partial charge in [0.2, 0.25) is 0 Å². The van der Waals surface area contributed by atoms with Crippen LogP contribution in [0.3, 0.4) is 0 Å². The van der Waals surface area contributed by atoms with Gasteiger partial charge in [-0.2, -0.15) is 0 Å². The highest BCUT2D eigenvalue weighted by molar-refractivity contribution is 6.29. The molecule has 1 aliphatic rings. The zero-order valence-electron chi connectivity index (χ0n) is 7.99. The summed E-state index contributed by atoms with van der Waals surface area (Å²) in [5.74, 6) is 1.57. The molecule has 76 valence electrons. The Morgan fingerprint density at radius 2 is 2.43 bits per heavy atom. The van der Waals surface area contributed by atoms with Crippen molar-refractivity contribution in [3.05, 3.63) is 23.4 Å².